The fourth-order valence-electron chi connectivity index (χ4n) is 5.87. The lowest BCUT2D eigenvalue weighted by atomic mass is 9.69. The van der Waals surface area contributed by atoms with E-state index in [1.54, 1.807) is 12.1 Å². The molecule has 0 saturated heterocycles. The van der Waals surface area contributed by atoms with Crippen LogP contribution in [0.15, 0.2) is 48.5 Å². The molecule has 0 aromatic heterocycles. The van der Waals surface area contributed by atoms with Crippen LogP contribution in [0.25, 0.3) is 0 Å². The van der Waals surface area contributed by atoms with Gasteiger partial charge >= 0.3 is 0 Å². The van der Waals surface area contributed by atoms with Gasteiger partial charge in [0.2, 0.25) is 0 Å². The van der Waals surface area contributed by atoms with Crippen molar-refractivity contribution >= 4 is 0 Å². The Balaban J connectivity index is 1.21. The number of unbranched alkanes of at least 4 members (excludes halogenated alkanes) is 2. The fraction of sp³-hybridized carbons (Fsp3) is 0.515. The molecular weight excluding hydrogens is 415 g/mol. The molecule has 2 aromatic carbocycles. The zero-order valence-electron chi connectivity index (χ0n) is 20.8. The number of halogens is 1. The zero-order chi connectivity index (χ0) is 23.6. The van der Waals surface area contributed by atoms with Crippen LogP contribution >= 0.6 is 0 Å². The Hall–Kier alpha value is -2.51. The maximum Gasteiger partial charge on any atom is 0.123 e. The molecule has 2 aliphatic rings. The molecule has 0 aliphatic heterocycles. The molecule has 0 nitrogen and oxygen atoms in total. The molecule has 2 saturated carbocycles. The predicted molar refractivity (Wildman–Crippen MR) is 141 cm³/mol. The Morgan fingerprint density at radius 3 is 1.71 bits per heavy atom. The van der Waals surface area contributed by atoms with Gasteiger partial charge < -0.3 is 0 Å². The predicted octanol–water partition coefficient (Wildman–Crippen LogP) is 8.77. The van der Waals surface area contributed by atoms with Gasteiger partial charge in [-0.25, -0.2) is 4.39 Å². The van der Waals surface area contributed by atoms with Gasteiger partial charge in [-0.1, -0.05) is 69.1 Å². The van der Waals surface area contributed by atoms with E-state index in [0.717, 1.165) is 34.4 Å². The molecule has 1 heteroatoms. The summed E-state index contributed by atoms with van der Waals surface area (Å²) >= 11 is 0. The molecule has 34 heavy (non-hydrogen) atoms. The summed E-state index contributed by atoms with van der Waals surface area (Å²) in [7, 11) is 0. The van der Waals surface area contributed by atoms with E-state index >= 15 is 0 Å². The van der Waals surface area contributed by atoms with E-state index in [1.165, 1.54) is 89.2 Å². The summed E-state index contributed by atoms with van der Waals surface area (Å²) in [6, 6.07) is 14.5. The number of rotatable bonds is 5. The van der Waals surface area contributed by atoms with Crippen molar-refractivity contribution in [2.45, 2.75) is 84.0 Å². The third-order valence-corrected chi connectivity index (χ3v) is 8.05. The third-order valence-electron chi connectivity index (χ3n) is 8.05. The van der Waals surface area contributed by atoms with E-state index in [2.05, 4.69) is 42.7 Å². The average Bonchev–Trinajstić information content (AvgIpc) is 2.89. The number of benzene rings is 2. The first-order valence-corrected chi connectivity index (χ1v) is 13.6. The standard InChI is InChI=1S/C33H39F/c1-2-3-4-5-26-14-20-31(21-15-26)32-22-16-29(17-23-32)12-10-27-6-8-28(9-7-27)11-13-30-18-24-33(34)25-19-30/h6-9,18-19,24-26,29,31-32H,2-5,14-17,20-23H2,1H3. The van der Waals surface area contributed by atoms with Crippen LogP contribution in [0.4, 0.5) is 4.39 Å². The van der Waals surface area contributed by atoms with Gasteiger partial charge in [-0.2, -0.15) is 0 Å². The van der Waals surface area contributed by atoms with Crippen LogP contribution in [0.2, 0.25) is 0 Å². The number of hydrogen-bond donors (Lipinski definition) is 0. The second kappa shape index (κ2) is 12.8. The Morgan fingerprint density at radius 1 is 0.647 bits per heavy atom. The van der Waals surface area contributed by atoms with E-state index in [9.17, 15) is 4.39 Å². The minimum atomic E-state index is -0.234. The SMILES string of the molecule is CCCCCC1CCC(C2CCC(C#Cc3ccc(C#Cc4ccc(F)cc4)cc3)CC2)CC1. The molecule has 2 aliphatic carbocycles. The minimum Gasteiger partial charge on any atom is -0.207 e. The minimum absolute atomic E-state index is 0.234. The van der Waals surface area contributed by atoms with Crippen molar-refractivity contribution < 1.29 is 4.39 Å². The maximum absolute atomic E-state index is 13.0. The summed E-state index contributed by atoms with van der Waals surface area (Å²) in [5.74, 6) is 16.5. The van der Waals surface area contributed by atoms with Gasteiger partial charge in [0.25, 0.3) is 0 Å². The molecular formula is C33H39F. The highest BCUT2D eigenvalue weighted by Crippen LogP contribution is 2.42. The highest BCUT2D eigenvalue weighted by Gasteiger charge is 2.30. The average molecular weight is 455 g/mol. The molecule has 0 amide bonds. The Labute approximate surface area is 206 Å². The monoisotopic (exact) mass is 454 g/mol. The summed E-state index contributed by atoms with van der Waals surface area (Å²) in [5.41, 5.74) is 2.84. The van der Waals surface area contributed by atoms with E-state index < -0.39 is 0 Å². The Morgan fingerprint density at radius 2 is 1.15 bits per heavy atom. The van der Waals surface area contributed by atoms with Gasteiger partial charge in [0.05, 0.1) is 0 Å². The van der Waals surface area contributed by atoms with Gasteiger partial charge in [-0.15, -0.1) is 0 Å². The lowest BCUT2D eigenvalue weighted by Crippen LogP contribution is -2.25. The van der Waals surface area contributed by atoms with Crippen LogP contribution in [-0.2, 0) is 0 Å². The van der Waals surface area contributed by atoms with Crippen molar-refractivity contribution in [3.8, 4) is 23.7 Å². The summed E-state index contributed by atoms with van der Waals surface area (Å²) in [6.45, 7) is 2.31. The molecule has 2 aromatic rings. The summed E-state index contributed by atoms with van der Waals surface area (Å²) in [6.07, 6.45) is 16.9. The first-order valence-electron chi connectivity index (χ1n) is 13.6. The Kier molecular flexibility index (Phi) is 9.27. The summed E-state index contributed by atoms with van der Waals surface area (Å²) in [5, 5.41) is 0. The van der Waals surface area contributed by atoms with Crippen molar-refractivity contribution in [1.29, 1.82) is 0 Å². The third kappa shape index (κ3) is 7.50. The molecule has 0 N–H and O–H groups in total. The molecule has 4 rings (SSSR count). The zero-order valence-corrected chi connectivity index (χ0v) is 20.8. The maximum atomic E-state index is 13.0. The van der Waals surface area contributed by atoms with Crippen LogP contribution in [0, 0.1) is 53.2 Å². The second-order valence-corrected chi connectivity index (χ2v) is 10.5. The number of hydrogen-bond acceptors (Lipinski definition) is 0. The van der Waals surface area contributed by atoms with Gasteiger partial charge in [0.1, 0.15) is 5.82 Å². The van der Waals surface area contributed by atoms with Crippen LogP contribution in [0.5, 0.6) is 0 Å². The molecule has 0 unspecified atom stereocenters. The lowest BCUT2D eigenvalue weighted by molar-refractivity contribution is 0.153. The quantitative estimate of drug-likeness (QED) is 0.313. The summed E-state index contributed by atoms with van der Waals surface area (Å²) < 4.78 is 13.0. The smallest absolute Gasteiger partial charge is 0.123 e. The summed E-state index contributed by atoms with van der Waals surface area (Å²) in [4.78, 5) is 0. The largest absolute Gasteiger partial charge is 0.207 e. The molecule has 0 heterocycles. The van der Waals surface area contributed by atoms with Gasteiger partial charge in [0, 0.05) is 22.6 Å². The van der Waals surface area contributed by atoms with Crippen molar-refractivity contribution in [2.24, 2.45) is 23.7 Å². The van der Waals surface area contributed by atoms with Gasteiger partial charge in [-0.3, -0.25) is 0 Å². The van der Waals surface area contributed by atoms with Crippen LogP contribution in [0.3, 0.4) is 0 Å². The topological polar surface area (TPSA) is 0 Å². The fourth-order valence-corrected chi connectivity index (χ4v) is 5.87. The van der Waals surface area contributed by atoms with Crippen molar-refractivity contribution in [3.05, 3.63) is 71.0 Å². The van der Waals surface area contributed by atoms with Gasteiger partial charge in [-0.05, 0) is 105 Å². The van der Waals surface area contributed by atoms with E-state index in [-0.39, 0.29) is 5.82 Å². The van der Waals surface area contributed by atoms with Crippen molar-refractivity contribution in [2.75, 3.05) is 0 Å². The molecule has 0 bridgehead atoms. The Bertz CT molecular complexity index is 993. The van der Waals surface area contributed by atoms with Crippen LogP contribution in [0.1, 0.15) is 101 Å². The first kappa shape index (κ1) is 24.6. The molecule has 178 valence electrons. The highest BCUT2D eigenvalue weighted by atomic mass is 19.1. The second-order valence-electron chi connectivity index (χ2n) is 10.5. The van der Waals surface area contributed by atoms with Crippen LogP contribution in [-0.4, -0.2) is 0 Å². The molecule has 2 fully saturated rings. The molecule has 0 atom stereocenters. The van der Waals surface area contributed by atoms with E-state index in [0.29, 0.717) is 5.92 Å². The van der Waals surface area contributed by atoms with E-state index in [4.69, 9.17) is 0 Å². The van der Waals surface area contributed by atoms with E-state index in [1.807, 2.05) is 12.1 Å². The van der Waals surface area contributed by atoms with Gasteiger partial charge in [0.15, 0.2) is 0 Å². The lowest BCUT2D eigenvalue weighted by Gasteiger charge is -2.37. The molecule has 0 spiro atoms. The molecule has 0 radical (unpaired) electrons. The normalized spacial score (nSPS) is 24.4. The van der Waals surface area contributed by atoms with Crippen molar-refractivity contribution in [1.82, 2.24) is 0 Å². The highest BCUT2D eigenvalue weighted by molar-refractivity contribution is 5.45. The first-order chi connectivity index (χ1) is 16.7. The van der Waals surface area contributed by atoms with Crippen LogP contribution < -0.4 is 0 Å². The van der Waals surface area contributed by atoms with Crippen molar-refractivity contribution in [3.63, 3.8) is 0 Å².